The highest BCUT2D eigenvalue weighted by Crippen LogP contribution is 2.19. The summed E-state index contributed by atoms with van der Waals surface area (Å²) in [5, 5.41) is 22.4. The summed E-state index contributed by atoms with van der Waals surface area (Å²) in [6.07, 6.45) is -0.738. The molecule has 4 amide bonds. The highest BCUT2D eigenvalue weighted by molar-refractivity contribution is 5.96. The number of primary amides is 1. The Kier molecular flexibility index (Phi) is 8.31. The van der Waals surface area contributed by atoms with Gasteiger partial charge in [0.2, 0.25) is 23.6 Å². The molecular formula is C15H23N5O8. The van der Waals surface area contributed by atoms with Gasteiger partial charge in [-0.3, -0.25) is 24.0 Å². The number of amides is 4. The van der Waals surface area contributed by atoms with Gasteiger partial charge in [0.1, 0.15) is 18.1 Å². The fourth-order valence-corrected chi connectivity index (χ4v) is 2.80. The zero-order chi connectivity index (χ0) is 21.4. The first-order valence-electron chi connectivity index (χ1n) is 8.40. The Morgan fingerprint density at radius 1 is 1.04 bits per heavy atom. The highest BCUT2D eigenvalue weighted by Gasteiger charge is 2.39. The maximum Gasteiger partial charge on any atom is 0.326 e. The van der Waals surface area contributed by atoms with Crippen LogP contribution in [0.15, 0.2) is 0 Å². The number of hydrogen-bond donors (Lipinski definition) is 6. The Morgan fingerprint density at radius 3 is 2.18 bits per heavy atom. The van der Waals surface area contributed by atoms with Crippen molar-refractivity contribution in [2.24, 2.45) is 11.5 Å². The topological polar surface area (TPSA) is 222 Å². The van der Waals surface area contributed by atoms with Crippen LogP contribution in [0.1, 0.15) is 25.7 Å². The van der Waals surface area contributed by atoms with Crippen LogP contribution in [-0.2, 0) is 28.8 Å². The number of nitrogens with two attached hydrogens (primary N) is 2. The van der Waals surface area contributed by atoms with E-state index in [0.29, 0.717) is 6.42 Å². The second kappa shape index (κ2) is 10.2. The number of carboxylic acids is 2. The van der Waals surface area contributed by atoms with E-state index in [-0.39, 0.29) is 13.0 Å². The summed E-state index contributed by atoms with van der Waals surface area (Å²) < 4.78 is 0. The molecule has 0 bridgehead atoms. The normalized spacial score (nSPS) is 18.0. The number of likely N-dealkylation sites (tertiary alicyclic amines) is 1. The summed E-state index contributed by atoms with van der Waals surface area (Å²) in [6, 6.07) is -4.06. The molecule has 0 radical (unpaired) electrons. The third kappa shape index (κ3) is 6.50. The molecule has 1 heterocycles. The summed E-state index contributed by atoms with van der Waals surface area (Å²) in [6.45, 7) is -0.347. The minimum absolute atomic E-state index is 0.110. The van der Waals surface area contributed by atoms with Crippen LogP contribution in [0.4, 0.5) is 0 Å². The van der Waals surface area contributed by atoms with Crippen LogP contribution in [0, 0.1) is 0 Å². The summed E-state index contributed by atoms with van der Waals surface area (Å²) in [4.78, 5) is 70.8. The molecule has 1 fully saturated rings. The van der Waals surface area contributed by atoms with Crippen molar-refractivity contribution < 1.29 is 39.0 Å². The third-order valence-corrected chi connectivity index (χ3v) is 4.06. The van der Waals surface area contributed by atoms with Gasteiger partial charge >= 0.3 is 11.9 Å². The Hall–Kier alpha value is -3.22. The molecular weight excluding hydrogens is 378 g/mol. The Labute approximate surface area is 159 Å². The molecule has 0 aromatic heterocycles. The molecule has 3 atom stereocenters. The van der Waals surface area contributed by atoms with E-state index in [1.54, 1.807) is 0 Å². The van der Waals surface area contributed by atoms with Crippen LogP contribution in [0.5, 0.6) is 0 Å². The molecule has 13 heteroatoms. The first kappa shape index (κ1) is 22.8. The molecule has 1 rings (SSSR count). The van der Waals surface area contributed by atoms with Gasteiger partial charge in [-0.15, -0.1) is 0 Å². The smallest absolute Gasteiger partial charge is 0.326 e. The van der Waals surface area contributed by atoms with E-state index in [4.69, 9.17) is 21.7 Å². The summed E-state index contributed by atoms with van der Waals surface area (Å²) in [5.41, 5.74) is 10.1. The van der Waals surface area contributed by atoms with Crippen LogP contribution in [0.3, 0.4) is 0 Å². The van der Waals surface area contributed by atoms with Crippen LogP contribution < -0.4 is 22.1 Å². The molecule has 0 saturated carbocycles. The SMILES string of the molecule is NCC(=O)NC(CC(=O)O)C(=O)N1CCCC1C(=O)NC(CC(N)=O)C(=O)O. The van der Waals surface area contributed by atoms with Gasteiger partial charge in [0.15, 0.2) is 0 Å². The standard InChI is InChI=1S/C15H23N5O8/c16-6-11(22)18-7(5-12(23)24)14(26)20-3-1-2-9(20)13(25)19-8(15(27)28)4-10(17)21/h7-9H,1-6,16H2,(H2,17,21)(H,18,22)(H,19,25)(H,23,24)(H,27,28). The summed E-state index contributed by atoms with van der Waals surface area (Å²) >= 11 is 0. The van der Waals surface area contributed by atoms with E-state index in [1.165, 1.54) is 0 Å². The number of carboxylic acid groups (broad SMARTS) is 2. The summed E-state index contributed by atoms with van der Waals surface area (Å²) in [5.74, 6) is -6.11. The average molecular weight is 401 g/mol. The van der Waals surface area contributed by atoms with Gasteiger partial charge in [-0.2, -0.15) is 0 Å². The van der Waals surface area contributed by atoms with Crippen LogP contribution >= 0.6 is 0 Å². The molecule has 156 valence electrons. The Morgan fingerprint density at radius 2 is 1.68 bits per heavy atom. The molecule has 8 N–H and O–H groups in total. The van der Waals surface area contributed by atoms with Gasteiger partial charge in [-0.1, -0.05) is 0 Å². The van der Waals surface area contributed by atoms with Crippen LogP contribution in [0.25, 0.3) is 0 Å². The predicted molar refractivity (Wildman–Crippen MR) is 91.4 cm³/mol. The van der Waals surface area contributed by atoms with Crippen molar-refractivity contribution >= 4 is 35.6 Å². The van der Waals surface area contributed by atoms with E-state index in [0.717, 1.165) is 4.90 Å². The van der Waals surface area contributed by atoms with Crippen molar-refractivity contribution in [2.45, 2.75) is 43.8 Å². The molecule has 28 heavy (non-hydrogen) atoms. The van der Waals surface area contributed by atoms with E-state index >= 15 is 0 Å². The monoisotopic (exact) mass is 401 g/mol. The zero-order valence-corrected chi connectivity index (χ0v) is 14.9. The largest absolute Gasteiger partial charge is 0.481 e. The van der Waals surface area contributed by atoms with Gasteiger partial charge < -0.3 is 37.2 Å². The quantitative estimate of drug-likeness (QED) is 0.212. The number of nitrogens with zero attached hydrogens (tertiary/aromatic N) is 1. The molecule has 0 aliphatic carbocycles. The lowest BCUT2D eigenvalue weighted by atomic mass is 10.1. The van der Waals surface area contributed by atoms with Crippen molar-refractivity contribution in [3.8, 4) is 0 Å². The van der Waals surface area contributed by atoms with E-state index < -0.39 is 73.1 Å². The minimum Gasteiger partial charge on any atom is -0.481 e. The molecule has 0 aromatic carbocycles. The second-order valence-electron chi connectivity index (χ2n) is 6.18. The number of hydrogen-bond acceptors (Lipinski definition) is 7. The minimum atomic E-state index is -1.56. The molecule has 1 saturated heterocycles. The number of rotatable bonds is 10. The Balaban J connectivity index is 2.92. The molecule has 3 unspecified atom stereocenters. The van der Waals surface area contributed by atoms with Crippen molar-refractivity contribution in [2.75, 3.05) is 13.1 Å². The van der Waals surface area contributed by atoms with Crippen molar-refractivity contribution in [3.05, 3.63) is 0 Å². The van der Waals surface area contributed by atoms with Gasteiger partial charge in [-0.05, 0) is 12.8 Å². The van der Waals surface area contributed by atoms with E-state index in [2.05, 4.69) is 10.6 Å². The molecule has 1 aliphatic rings. The van der Waals surface area contributed by atoms with Crippen molar-refractivity contribution in [3.63, 3.8) is 0 Å². The average Bonchev–Trinajstić information content (AvgIpc) is 3.08. The molecule has 0 spiro atoms. The molecule has 1 aliphatic heterocycles. The zero-order valence-electron chi connectivity index (χ0n) is 14.9. The fraction of sp³-hybridized carbons (Fsp3) is 0.600. The van der Waals surface area contributed by atoms with Crippen molar-refractivity contribution in [1.82, 2.24) is 15.5 Å². The van der Waals surface area contributed by atoms with E-state index in [1.807, 2.05) is 0 Å². The van der Waals surface area contributed by atoms with Gasteiger partial charge in [0.05, 0.1) is 19.4 Å². The maximum atomic E-state index is 12.7. The van der Waals surface area contributed by atoms with Crippen molar-refractivity contribution in [1.29, 1.82) is 0 Å². The van der Waals surface area contributed by atoms with Crippen LogP contribution in [0.2, 0.25) is 0 Å². The predicted octanol–water partition coefficient (Wildman–Crippen LogP) is -3.66. The third-order valence-electron chi connectivity index (χ3n) is 4.06. The Bertz CT molecular complexity index is 667. The van der Waals surface area contributed by atoms with Gasteiger partial charge in [0, 0.05) is 6.54 Å². The number of nitrogens with one attached hydrogen (secondary N) is 2. The second-order valence-corrected chi connectivity index (χ2v) is 6.18. The molecule has 13 nitrogen and oxygen atoms in total. The summed E-state index contributed by atoms with van der Waals surface area (Å²) in [7, 11) is 0. The van der Waals surface area contributed by atoms with E-state index in [9.17, 15) is 28.8 Å². The fourth-order valence-electron chi connectivity index (χ4n) is 2.80. The lowest BCUT2D eigenvalue weighted by molar-refractivity contribution is -0.147. The first-order valence-corrected chi connectivity index (χ1v) is 8.40. The highest BCUT2D eigenvalue weighted by atomic mass is 16.4. The lowest BCUT2D eigenvalue weighted by Crippen LogP contribution is -2.56. The maximum absolute atomic E-state index is 12.7. The lowest BCUT2D eigenvalue weighted by Gasteiger charge is -2.28. The van der Waals surface area contributed by atoms with Gasteiger partial charge in [-0.25, -0.2) is 4.79 Å². The first-order chi connectivity index (χ1) is 13.1. The van der Waals surface area contributed by atoms with Crippen LogP contribution in [-0.4, -0.2) is 81.9 Å². The van der Waals surface area contributed by atoms with Gasteiger partial charge in [0.25, 0.3) is 0 Å². The number of carbonyl (C=O) groups excluding carboxylic acids is 4. The number of carbonyl (C=O) groups is 6. The number of aliphatic carboxylic acids is 2. The molecule has 0 aromatic rings.